The Bertz CT molecular complexity index is 231. The SMILES string of the molecule is CC1CCCC(C)N1[SiH](Br)N1C(C)CCCC1C. The number of piperidine rings is 2. The molecule has 0 aromatic rings. The van der Waals surface area contributed by atoms with Gasteiger partial charge >= 0.3 is 0 Å². The first-order chi connectivity index (χ1) is 8.52. The molecule has 0 aromatic heterocycles. The van der Waals surface area contributed by atoms with Crippen LogP contribution in [-0.4, -0.2) is 41.0 Å². The van der Waals surface area contributed by atoms with Crippen molar-refractivity contribution in [1.29, 1.82) is 0 Å². The van der Waals surface area contributed by atoms with E-state index in [1.807, 2.05) is 0 Å². The molecule has 2 fully saturated rings. The molecule has 2 saturated heterocycles. The topological polar surface area (TPSA) is 6.48 Å². The van der Waals surface area contributed by atoms with Crippen LogP contribution < -0.4 is 0 Å². The van der Waals surface area contributed by atoms with E-state index in [0.717, 1.165) is 24.2 Å². The van der Waals surface area contributed by atoms with Gasteiger partial charge in [-0.3, -0.25) is 0 Å². The van der Waals surface area contributed by atoms with Crippen molar-refractivity contribution in [2.75, 3.05) is 0 Å². The highest BCUT2D eigenvalue weighted by Crippen LogP contribution is 2.32. The summed E-state index contributed by atoms with van der Waals surface area (Å²) in [6.07, 6.45) is 8.37. The molecule has 0 amide bonds. The van der Waals surface area contributed by atoms with Gasteiger partial charge in [0, 0.05) is 24.2 Å². The molecule has 2 aliphatic heterocycles. The predicted molar refractivity (Wildman–Crippen MR) is 85.3 cm³/mol. The van der Waals surface area contributed by atoms with Crippen molar-refractivity contribution >= 4 is 23.0 Å². The summed E-state index contributed by atoms with van der Waals surface area (Å²) in [6.45, 7) is 9.71. The zero-order valence-corrected chi connectivity index (χ0v) is 15.1. The lowest BCUT2D eigenvalue weighted by Gasteiger charge is -2.50. The maximum atomic E-state index is 4.15. The van der Waals surface area contributed by atoms with E-state index < -0.39 is 7.74 Å². The van der Waals surface area contributed by atoms with Crippen LogP contribution in [0, 0.1) is 0 Å². The highest BCUT2D eigenvalue weighted by atomic mass is 79.9. The maximum Gasteiger partial charge on any atom is 0.265 e. The van der Waals surface area contributed by atoms with Crippen LogP contribution in [0.5, 0.6) is 0 Å². The highest BCUT2D eigenvalue weighted by Gasteiger charge is 2.39. The number of rotatable bonds is 2. The molecule has 0 spiro atoms. The van der Waals surface area contributed by atoms with Crippen molar-refractivity contribution in [2.45, 2.75) is 90.4 Å². The Morgan fingerprint density at radius 3 is 1.28 bits per heavy atom. The Kier molecular flexibility index (Phi) is 5.32. The summed E-state index contributed by atoms with van der Waals surface area (Å²) in [7, 11) is -1.12. The molecule has 0 bridgehead atoms. The van der Waals surface area contributed by atoms with Crippen LogP contribution in [0.3, 0.4) is 0 Å². The van der Waals surface area contributed by atoms with E-state index in [1.165, 1.54) is 38.5 Å². The lowest BCUT2D eigenvalue weighted by Crippen LogP contribution is -2.62. The number of hydrogen-bond donors (Lipinski definition) is 0. The summed E-state index contributed by atoms with van der Waals surface area (Å²) < 4.78 is 5.67. The van der Waals surface area contributed by atoms with Crippen LogP contribution in [0.1, 0.15) is 66.2 Å². The van der Waals surface area contributed by atoms with Gasteiger partial charge in [-0.2, -0.15) is 0 Å². The molecule has 4 atom stereocenters. The van der Waals surface area contributed by atoms with Crippen LogP contribution in [0.25, 0.3) is 0 Å². The molecule has 18 heavy (non-hydrogen) atoms. The third-order valence-corrected chi connectivity index (χ3v) is 10.9. The minimum absolute atomic E-state index is 0.770. The molecular weight excluding hydrogens is 304 g/mol. The molecular formula is C14H29BrN2Si. The Morgan fingerprint density at radius 1 is 0.722 bits per heavy atom. The Morgan fingerprint density at radius 2 is 1.00 bits per heavy atom. The Balaban J connectivity index is 2.10. The van der Waals surface area contributed by atoms with Crippen molar-refractivity contribution in [3.8, 4) is 0 Å². The van der Waals surface area contributed by atoms with Crippen molar-refractivity contribution in [2.24, 2.45) is 0 Å². The predicted octanol–water partition coefficient (Wildman–Crippen LogP) is 3.62. The lowest BCUT2D eigenvalue weighted by molar-refractivity contribution is 0.145. The first kappa shape index (κ1) is 15.0. The van der Waals surface area contributed by atoms with E-state index >= 15 is 0 Å². The molecule has 2 heterocycles. The van der Waals surface area contributed by atoms with Crippen LogP contribution >= 0.6 is 15.3 Å². The minimum atomic E-state index is -1.12. The Labute approximate surface area is 122 Å². The third kappa shape index (κ3) is 3.02. The lowest BCUT2D eigenvalue weighted by atomic mass is 10.0. The Hall–Kier alpha value is 0.617. The quantitative estimate of drug-likeness (QED) is 0.562. The fourth-order valence-electron chi connectivity index (χ4n) is 3.88. The molecule has 0 N–H and O–H groups in total. The molecule has 0 aromatic carbocycles. The van der Waals surface area contributed by atoms with Gasteiger partial charge < -0.3 is 9.13 Å². The van der Waals surface area contributed by atoms with Gasteiger partial charge in [-0.25, -0.2) is 0 Å². The second kappa shape index (κ2) is 6.38. The molecule has 0 radical (unpaired) electrons. The van der Waals surface area contributed by atoms with Gasteiger partial charge in [0.25, 0.3) is 7.74 Å². The highest BCUT2D eigenvalue weighted by molar-refractivity contribution is 9.24. The second-order valence-electron chi connectivity index (χ2n) is 6.46. The number of nitrogens with zero attached hydrogens (tertiary/aromatic N) is 2. The number of halogens is 1. The van der Waals surface area contributed by atoms with Crippen LogP contribution in [0.15, 0.2) is 0 Å². The molecule has 4 unspecified atom stereocenters. The van der Waals surface area contributed by atoms with E-state index in [0.29, 0.717) is 0 Å². The van der Waals surface area contributed by atoms with Gasteiger partial charge in [0.05, 0.1) is 0 Å². The van der Waals surface area contributed by atoms with Crippen molar-refractivity contribution in [3.63, 3.8) is 0 Å². The van der Waals surface area contributed by atoms with Crippen LogP contribution in [0.2, 0.25) is 0 Å². The molecule has 2 nitrogen and oxygen atoms in total. The van der Waals surface area contributed by atoms with Gasteiger partial charge in [-0.05, 0) is 25.7 Å². The average Bonchev–Trinajstić information content (AvgIpc) is 2.28. The normalized spacial score (nSPS) is 41.8. The van der Waals surface area contributed by atoms with Crippen molar-refractivity contribution in [3.05, 3.63) is 0 Å². The second-order valence-corrected chi connectivity index (χ2v) is 10.7. The van der Waals surface area contributed by atoms with E-state index in [9.17, 15) is 0 Å². The zero-order chi connectivity index (χ0) is 13.3. The standard InChI is InChI=1S/C14H29BrN2Si/c1-11-7-5-8-12(2)16(11)18(15)17-13(3)9-6-10-14(17)4/h11-14,18H,5-10H2,1-4H3. The first-order valence-electron chi connectivity index (χ1n) is 7.71. The largest absolute Gasteiger partial charge is 0.301 e. The summed E-state index contributed by atoms with van der Waals surface area (Å²) in [5.41, 5.74) is 0. The monoisotopic (exact) mass is 332 g/mol. The smallest absolute Gasteiger partial charge is 0.265 e. The average molecular weight is 333 g/mol. The van der Waals surface area contributed by atoms with E-state index in [4.69, 9.17) is 0 Å². The fourth-order valence-corrected chi connectivity index (χ4v) is 11.3. The minimum Gasteiger partial charge on any atom is -0.301 e. The maximum absolute atomic E-state index is 4.15. The summed E-state index contributed by atoms with van der Waals surface area (Å²) in [5, 5.41) is 0. The summed E-state index contributed by atoms with van der Waals surface area (Å²) >= 11 is 4.15. The molecule has 0 saturated carbocycles. The van der Waals surface area contributed by atoms with Gasteiger partial charge in [0.1, 0.15) is 0 Å². The van der Waals surface area contributed by atoms with Gasteiger partial charge in [-0.1, -0.05) is 55.8 Å². The van der Waals surface area contributed by atoms with E-state index in [1.54, 1.807) is 0 Å². The summed E-state index contributed by atoms with van der Waals surface area (Å²) in [4.78, 5) is 0. The molecule has 2 rings (SSSR count). The third-order valence-electron chi connectivity index (χ3n) is 5.02. The first-order valence-corrected chi connectivity index (χ1v) is 11.9. The van der Waals surface area contributed by atoms with Crippen LogP contribution in [0.4, 0.5) is 0 Å². The van der Waals surface area contributed by atoms with E-state index in [-0.39, 0.29) is 0 Å². The van der Waals surface area contributed by atoms with Gasteiger partial charge in [0.15, 0.2) is 0 Å². The van der Waals surface area contributed by atoms with Crippen molar-refractivity contribution in [1.82, 2.24) is 9.13 Å². The molecule has 4 heteroatoms. The molecule has 2 aliphatic rings. The van der Waals surface area contributed by atoms with Crippen LogP contribution in [-0.2, 0) is 0 Å². The summed E-state index contributed by atoms with van der Waals surface area (Å²) in [6, 6.07) is 3.08. The van der Waals surface area contributed by atoms with Crippen molar-refractivity contribution < 1.29 is 0 Å². The van der Waals surface area contributed by atoms with Gasteiger partial charge in [0.2, 0.25) is 0 Å². The fraction of sp³-hybridized carbons (Fsp3) is 1.00. The number of hydrogen-bond acceptors (Lipinski definition) is 2. The molecule has 0 aliphatic carbocycles. The summed E-state index contributed by atoms with van der Waals surface area (Å²) in [5.74, 6) is 0. The molecule has 106 valence electrons. The van der Waals surface area contributed by atoms with E-state index in [2.05, 4.69) is 52.1 Å². The zero-order valence-electron chi connectivity index (χ0n) is 12.4. The van der Waals surface area contributed by atoms with Gasteiger partial charge in [-0.15, -0.1) is 0 Å².